The largest absolute Gasteiger partial charge is 0.394 e. The summed E-state index contributed by atoms with van der Waals surface area (Å²) in [5, 5.41) is 9.07. The molecule has 0 radical (unpaired) electrons. The quantitative estimate of drug-likeness (QED) is 0.679. The molecule has 1 saturated heterocycles. The summed E-state index contributed by atoms with van der Waals surface area (Å²) < 4.78 is 6.96. The Bertz CT molecular complexity index is 520. The van der Waals surface area contributed by atoms with Crippen molar-refractivity contribution in [3.63, 3.8) is 0 Å². The number of hydrogen-bond donors (Lipinski definition) is 2. The smallest absolute Gasteiger partial charge is 0.330 e. The standard InChI is InChI=1S/C10H12N2O4/c13-4-7-5-3-6(5)9(16-7)12-2-1-8(14)11-10(12)15/h1-2,5-7,9,13H,3-4H2,(H,11,14,15)/t5-,6+,7+,9+/m0/s1. The third-order valence-corrected chi connectivity index (χ3v) is 3.35. The number of aliphatic hydroxyl groups excluding tert-OH is 1. The Morgan fingerprint density at radius 3 is 2.94 bits per heavy atom. The molecule has 0 aromatic carbocycles. The minimum Gasteiger partial charge on any atom is -0.394 e. The molecule has 4 atom stereocenters. The third kappa shape index (κ3) is 1.34. The van der Waals surface area contributed by atoms with Crippen molar-refractivity contribution in [3.05, 3.63) is 33.1 Å². The first-order chi connectivity index (χ1) is 7.70. The molecular weight excluding hydrogens is 212 g/mol. The van der Waals surface area contributed by atoms with Crippen LogP contribution in [0.5, 0.6) is 0 Å². The zero-order chi connectivity index (χ0) is 11.3. The molecule has 16 heavy (non-hydrogen) atoms. The Balaban J connectivity index is 1.94. The van der Waals surface area contributed by atoms with E-state index in [1.54, 1.807) is 0 Å². The Kier molecular flexibility index (Phi) is 2.02. The zero-order valence-corrected chi connectivity index (χ0v) is 8.50. The molecule has 3 rings (SSSR count). The van der Waals surface area contributed by atoms with Gasteiger partial charge in [0.05, 0.1) is 12.7 Å². The molecule has 1 aromatic rings. The zero-order valence-electron chi connectivity index (χ0n) is 8.50. The molecule has 1 aliphatic heterocycles. The summed E-state index contributed by atoms with van der Waals surface area (Å²) in [6.45, 7) is -0.0181. The number of ether oxygens (including phenoxy) is 1. The average Bonchev–Trinajstić information content (AvgIpc) is 2.96. The molecule has 2 fully saturated rings. The Morgan fingerprint density at radius 2 is 2.31 bits per heavy atom. The number of hydrogen-bond acceptors (Lipinski definition) is 4. The molecule has 6 nitrogen and oxygen atoms in total. The van der Waals surface area contributed by atoms with Gasteiger partial charge in [-0.25, -0.2) is 4.79 Å². The first-order valence-corrected chi connectivity index (χ1v) is 5.28. The summed E-state index contributed by atoms with van der Waals surface area (Å²) in [7, 11) is 0. The van der Waals surface area contributed by atoms with Crippen LogP contribution in [0, 0.1) is 11.8 Å². The fourth-order valence-corrected chi connectivity index (χ4v) is 2.45. The highest BCUT2D eigenvalue weighted by molar-refractivity contribution is 5.02. The lowest BCUT2D eigenvalue weighted by Crippen LogP contribution is -2.33. The van der Waals surface area contributed by atoms with Gasteiger partial charge in [-0.3, -0.25) is 14.3 Å². The van der Waals surface area contributed by atoms with E-state index in [9.17, 15) is 9.59 Å². The van der Waals surface area contributed by atoms with Gasteiger partial charge < -0.3 is 9.84 Å². The van der Waals surface area contributed by atoms with E-state index in [-0.39, 0.29) is 18.9 Å². The van der Waals surface area contributed by atoms with Crippen molar-refractivity contribution in [1.82, 2.24) is 9.55 Å². The van der Waals surface area contributed by atoms with Crippen LogP contribution in [0.2, 0.25) is 0 Å². The van der Waals surface area contributed by atoms with Crippen LogP contribution in [0.25, 0.3) is 0 Å². The van der Waals surface area contributed by atoms with Gasteiger partial charge in [0.2, 0.25) is 0 Å². The maximum Gasteiger partial charge on any atom is 0.330 e. The van der Waals surface area contributed by atoms with Crippen molar-refractivity contribution in [2.75, 3.05) is 6.61 Å². The average molecular weight is 224 g/mol. The van der Waals surface area contributed by atoms with Crippen molar-refractivity contribution in [3.8, 4) is 0 Å². The molecule has 0 bridgehead atoms. The number of aliphatic hydroxyl groups is 1. The minimum absolute atomic E-state index is 0.0181. The van der Waals surface area contributed by atoms with Crippen LogP contribution in [0.4, 0.5) is 0 Å². The fraction of sp³-hybridized carbons (Fsp3) is 0.600. The van der Waals surface area contributed by atoms with Crippen LogP contribution >= 0.6 is 0 Å². The Hall–Kier alpha value is -1.40. The number of aromatic nitrogens is 2. The van der Waals surface area contributed by atoms with Gasteiger partial charge in [-0.15, -0.1) is 0 Å². The highest BCUT2D eigenvalue weighted by Gasteiger charge is 2.56. The van der Waals surface area contributed by atoms with E-state index < -0.39 is 11.2 Å². The molecule has 1 aliphatic carbocycles. The van der Waals surface area contributed by atoms with E-state index in [4.69, 9.17) is 9.84 Å². The predicted octanol–water partition coefficient (Wildman–Crippen LogP) is -0.938. The van der Waals surface area contributed by atoms with Crippen LogP contribution in [0.1, 0.15) is 12.6 Å². The highest BCUT2D eigenvalue weighted by Crippen LogP contribution is 2.55. The maximum atomic E-state index is 11.6. The molecule has 1 saturated carbocycles. The molecule has 6 heteroatoms. The first-order valence-electron chi connectivity index (χ1n) is 5.28. The van der Waals surface area contributed by atoms with E-state index in [1.165, 1.54) is 16.8 Å². The van der Waals surface area contributed by atoms with E-state index in [0.717, 1.165) is 6.42 Å². The molecular formula is C10H12N2O4. The van der Waals surface area contributed by atoms with E-state index in [1.807, 2.05) is 0 Å². The summed E-state index contributed by atoms with van der Waals surface area (Å²) in [5.41, 5.74) is -0.868. The Labute approximate surface area is 90.5 Å². The lowest BCUT2D eigenvalue weighted by atomic mass is 10.2. The van der Waals surface area contributed by atoms with Gasteiger partial charge >= 0.3 is 5.69 Å². The van der Waals surface area contributed by atoms with Crippen LogP contribution < -0.4 is 11.2 Å². The molecule has 2 aliphatic rings. The number of rotatable bonds is 2. The second-order valence-electron chi connectivity index (χ2n) is 4.33. The number of fused-ring (bicyclic) bond motifs is 1. The highest BCUT2D eigenvalue weighted by atomic mass is 16.5. The molecule has 2 heterocycles. The van der Waals surface area contributed by atoms with Crippen molar-refractivity contribution in [2.24, 2.45) is 11.8 Å². The predicted molar refractivity (Wildman–Crippen MR) is 53.9 cm³/mol. The van der Waals surface area contributed by atoms with E-state index >= 15 is 0 Å². The van der Waals surface area contributed by atoms with Gasteiger partial charge in [-0.2, -0.15) is 0 Å². The van der Waals surface area contributed by atoms with Crippen molar-refractivity contribution >= 4 is 0 Å². The summed E-state index contributed by atoms with van der Waals surface area (Å²) in [6.07, 6.45) is 1.91. The van der Waals surface area contributed by atoms with E-state index in [0.29, 0.717) is 11.8 Å². The summed E-state index contributed by atoms with van der Waals surface area (Å²) in [6, 6.07) is 1.30. The van der Waals surface area contributed by atoms with Crippen LogP contribution in [0.3, 0.4) is 0 Å². The van der Waals surface area contributed by atoms with E-state index in [2.05, 4.69) is 4.98 Å². The molecule has 0 amide bonds. The SMILES string of the molecule is O=c1ccn([C@@H]2O[C@H](CO)[C@H]3C[C@H]32)c(=O)[nH]1. The first kappa shape index (κ1) is 9.80. The monoisotopic (exact) mass is 224 g/mol. The molecule has 86 valence electrons. The summed E-state index contributed by atoms with van der Waals surface area (Å²) in [4.78, 5) is 24.7. The lowest BCUT2D eigenvalue weighted by molar-refractivity contribution is -0.0516. The summed E-state index contributed by atoms with van der Waals surface area (Å²) >= 11 is 0. The normalized spacial score (nSPS) is 36.1. The van der Waals surface area contributed by atoms with Gasteiger partial charge in [-0.05, 0) is 12.3 Å². The third-order valence-electron chi connectivity index (χ3n) is 3.35. The second kappa shape index (κ2) is 3.29. The van der Waals surface area contributed by atoms with Crippen LogP contribution in [-0.4, -0.2) is 27.4 Å². The van der Waals surface area contributed by atoms with Gasteiger partial charge in [0.25, 0.3) is 5.56 Å². The van der Waals surface area contributed by atoms with Gasteiger partial charge in [0.1, 0.15) is 6.23 Å². The minimum atomic E-state index is -0.457. The Morgan fingerprint density at radius 1 is 1.50 bits per heavy atom. The topological polar surface area (TPSA) is 84.3 Å². The summed E-state index contributed by atoms with van der Waals surface area (Å²) in [5.74, 6) is 0.648. The fourth-order valence-electron chi connectivity index (χ4n) is 2.45. The van der Waals surface area contributed by atoms with Crippen LogP contribution in [0.15, 0.2) is 21.9 Å². The number of nitrogens with zero attached hydrogens (tertiary/aromatic N) is 1. The van der Waals surface area contributed by atoms with Gasteiger partial charge in [-0.1, -0.05) is 0 Å². The lowest BCUT2D eigenvalue weighted by Gasteiger charge is -2.18. The van der Waals surface area contributed by atoms with Gasteiger partial charge in [0, 0.05) is 18.2 Å². The number of aromatic amines is 1. The molecule has 1 aromatic heterocycles. The molecule has 2 N–H and O–H groups in total. The maximum absolute atomic E-state index is 11.6. The number of H-pyrrole nitrogens is 1. The van der Waals surface area contributed by atoms with Crippen molar-refractivity contribution in [1.29, 1.82) is 0 Å². The van der Waals surface area contributed by atoms with Crippen molar-refractivity contribution in [2.45, 2.75) is 18.8 Å². The van der Waals surface area contributed by atoms with Crippen molar-refractivity contribution < 1.29 is 9.84 Å². The van der Waals surface area contributed by atoms with Gasteiger partial charge in [0.15, 0.2) is 0 Å². The number of nitrogens with one attached hydrogen (secondary N) is 1. The second-order valence-corrected chi connectivity index (χ2v) is 4.33. The van der Waals surface area contributed by atoms with Crippen LogP contribution in [-0.2, 0) is 4.74 Å². The molecule has 0 unspecified atom stereocenters. The molecule has 0 spiro atoms.